The molecule has 1 fully saturated rings. The van der Waals surface area contributed by atoms with Crippen LogP contribution in [0, 0.1) is 0 Å². The SMILES string of the molecule is C[C@@H]1CC(=O)C[C@@H](C)S1. The average Bonchev–Trinajstić information content (AvgIpc) is 1.59. The maximum atomic E-state index is 10.9. The molecule has 0 aromatic carbocycles. The van der Waals surface area contributed by atoms with Crippen LogP contribution >= 0.6 is 11.8 Å². The average molecular weight is 144 g/mol. The number of rotatable bonds is 0. The predicted molar refractivity (Wildman–Crippen MR) is 40.8 cm³/mol. The Bertz CT molecular complexity index is 110. The van der Waals surface area contributed by atoms with Crippen LogP contribution in [0.25, 0.3) is 0 Å². The van der Waals surface area contributed by atoms with Crippen molar-refractivity contribution in [3.8, 4) is 0 Å². The van der Waals surface area contributed by atoms with Crippen molar-refractivity contribution >= 4 is 17.5 Å². The highest BCUT2D eigenvalue weighted by Crippen LogP contribution is 2.28. The van der Waals surface area contributed by atoms with Gasteiger partial charge in [-0.25, -0.2) is 0 Å². The molecule has 1 rings (SSSR count). The van der Waals surface area contributed by atoms with Crippen molar-refractivity contribution in [3.63, 3.8) is 0 Å². The third-order valence-electron chi connectivity index (χ3n) is 1.49. The molecule has 52 valence electrons. The molecule has 0 N–H and O–H groups in total. The molecule has 0 spiro atoms. The maximum absolute atomic E-state index is 10.9. The Labute approximate surface area is 60.2 Å². The summed E-state index contributed by atoms with van der Waals surface area (Å²) in [6.45, 7) is 4.25. The quantitative estimate of drug-likeness (QED) is 0.516. The van der Waals surface area contributed by atoms with E-state index in [0.29, 0.717) is 16.3 Å². The van der Waals surface area contributed by atoms with Crippen LogP contribution in [0.3, 0.4) is 0 Å². The van der Waals surface area contributed by atoms with Crippen molar-refractivity contribution in [2.24, 2.45) is 0 Å². The summed E-state index contributed by atoms with van der Waals surface area (Å²) in [5, 5.41) is 1.11. The Hall–Kier alpha value is 0.0200. The van der Waals surface area contributed by atoms with Crippen LogP contribution in [0.2, 0.25) is 0 Å². The van der Waals surface area contributed by atoms with Gasteiger partial charge in [-0.1, -0.05) is 13.8 Å². The summed E-state index contributed by atoms with van der Waals surface area (Å²) < 4.78 is 0. The largest absolute Gasteiger partial charge is 0.300 e. The van der Waals surface area contributed by atoms with Gasteiger partial charge in [0.25, 0.3) is 0 Å². The highest BCUT2D eigenvalue weighted by atomic mass is 32.2. The predicted octanol–water partition coefficient (Wildman–Crippen LogP) is 1.86. The lowest BCUT2D eigenvalue weighted by molar-refractivity contribution is -0.119. The second-order valence-corrected chi connectivity index (χ2v) is 4.59. The lowest BCUT2D eigenvalue weighted by atomic mass is 10.1. The summed E-state index contributed by atoms with van der Waals surface area (Å²) in [7, 11) is 0. The van der Waals surface area contributed by atoms with Crippen LogP contribution in [0.5, 0.6) is 0 Å². The van der Waals surface area contributed by atoms with Crippen LogP contribution in [0.4, 0.5) is 0 Å². The van der Waals surface area contributed by atoms with Crippen molar-refractivity contribution in [3.05, 3.63) is 0 Å². The van der Waals surface area contributed by atoms with Crippen LogP contribution < -0.4 is 0 Å². The smallest absolute Gasteiger partial charge is 0.135 e. The Balaban J connectivity index is 2.43. The maximum Gasteiger partial charge on any atom is 0.135 e. The zero-order valence-corrected chi connectivity index (χ0v) is 6.70. The third-order valence-corrected chi connectivity index (χ3v) is 2.76. The van der Waals surface area contributed by atoms with E-state index < -0.39 is 0 Å². The van der Waals surface area contributed by atoms with Crippen LogP contribution in [-0.4, -0.2) is 16.3 Å². The summed E-state index contributed by atoms with van der Waals surface area (Å²) in [5.41, 5.74) is 0. The standard InChI is InChI=1S/C7H12OS/c1-5-3-7(8)4-6(2)9-5/h5-6H,3-4H2,1-2H3/t5-,6-/m1/s1. The molecule has 1 aliphatic heterocycles. The number of carbonyl (C=O) groups excluding carboxylic acids is 1. The van der Waals surface area contributed by atoms with Gasteiger partial charge in [-0.2, -0.15) is 11.8 Å². The van der Waals surface area contributed by atoms with Crippen LogP contribution in [-0.2, 0) is 4.79 Å². The van der Waals surface area contributed by atoms with E-state index in [9.17, 15) is 4.79 Å². The number of hydrogen-bond donors (Lipinski definition) is 0. The van der Waals surface area contributed by atoms with Gasteiger partial charge in [0.05, 0.1) is 0 Å². The Morgan fingerprint density at radius 2 is 1.78 bits per heavy atom. The van der Waals surface area contributed by atoms with Gasteiger partial charge in [0.15, 0.2) is 0 Å². The molecule has 2 atom stereocenters. The van der Waals surface area contributed by atoms with Crippen molar-refractivity contribution in [1.82, 2.24) is 0 Å². The molecule has 0 amide bonds. The molecule has 1 heterocycles. The minimum absolute atomic E-state index is 0.439. The summed E-state index contributed by atoms with van der Waals surface area (Å²) in [6, 6.07) is 0. The molecule has 0 aromatic rings. The molecule has 0 unspecified atom stereocenters. The summed E-state index contributed by atoms with van der Waals surface area (Å²) >= 11 is 1.92. The molecule has 0 saturated carbocycles. The lowest BCUT2D eigenvalue weighted by Crippen LogP contribution is -2.20. The van der Waals surface area contributed by atoms with Crippen LogP contribution in [0.15, 0.2) is 0 Å². The van der Waals surface area contributed by atoms with Crippen LogP contribution in [0.1, 0.15) is 26.7 Å². The Morgan fingerprint density at radius 3 is 2.11 bits per heavy atom. The fourth-order valence-electron chi connectivity index (χ4n) is 1.22. The van der Waals surface area contributed by atoms with Gasteiger partial charge in [-0.3, -0.25) is 4.79 Å². The summed E-state index contributed by atoms with van der Waals surface area (Å²) in [5.74, 6) is 0.439. The molecular weight excluding hydrogens is 132 g/mol. The first kappa shape index (κ1) is 7.13. The monoisotopic (exact) mass is 144 g/mol. The molecule has 1 nitrogen and oxygen atoms in total. The summed E-state index contributed by atoms with van der Waals surface area (Å²) in [4.78, 5) is 10.9. The van der Waals surface area contributed by atoms with Gasteiger partial charge in [0, 0.05) is 23.3 Å². The minimum Gasteiger partial charge on any atom is -0.300 e. The van der Waals surface area contributed by atoms with Crippen molar-refractivity contribution in [2.75, 3.05) is 0 Å². The molecule has 0 radical (unpaired) electrons. The normalized spacial score (nSPS) is 36.9. The second kappa shape index (κ2) is 2.74. The first-order valence-electron chi connectivity index (χ1n) is 3.35. The van der Waals surface area contributed by atoms with E-state index in [4.69, 9.17) is 0 Å². The molecule has 0 aromatic heterocycles. The van der Waals surface area contributed by atoms with E-state index in [2.05, 4.69) is 13.8 Å². The number of ketones is 1. The van der Waals surface area contributed by atoms with Gasteiger partial charge in [-0.15, -0.1) is 0 Å². The number of thioether (sulfide) groups is 1. The number of Topliss-reactive ketones (excluding diaryl/α,β-unsaturated/α-hetero) is 1. The highest BCUT2D eigenvalue weighted by Gasteiger charge is 2.21. The van der Waals surface area contributed by atoms with Gasteiger partial charge in [0.2, 0.25) is 0 Å². The first-order valence-corrected chi connectivity index (χ1v) is 4.30. The van der Waals surface area contributed by atoms with Crippen molar-refractivity contribution in [1.29, 1.82) is 0 Å². The Morgan fingerprint density at radius 1 is 1.33 bits per heavy atom. The number of hydrogen-bond acceptors (Lipinski definition) is 2. The van der Waals surface area contributed by atoms with E-state index in [-0.39, 0.29) is 0 Å². The second-order valence-electron chi connectivity index (χ2n) is 2.70. The third kappa shape index (κ3) is 2.01. The highest BCUT2D eigenvalue weighted by molar-refractivity contribution is 8.00. The van der Waals surface area contributed by atoms with Crippen molar-refractivity contribution < 1.29 is 4.79 Å². The van der Waals surface area contributed by atoms with E-state index in [1.54, 1.807) is 0 Å². The van der Waals surface area contributed by atoms with Crippen molar-refractivity contribution in [2.45, 2.75) is 37.2 Å². The van der Waals surface area contributed by atoms with E-state index >= 15 is 0 Å². The number of carbonyl (C=O) groups is 1. The molecule has 9 heavy (non-hydrogen) atoms. The zero-order chi connectivity index (χ0) is 6.85. The lowest BCUT2D eigenvalue weighted by Gasteiger charge is -2.21. The fourth-order valence-corrected chi connectivity index (χ4v) is 2.57. The van der Waals surface area contributed by atoms with E-state index in [0.717, 1.165) is 12.8 Å². The fraction of sp³-hybridized carbons (Fsp3) is 0.857. The topological polar surface area (TPSA) is 17.1 Å². The summed E-state index contributed by atoms with van der Waals surface area (Å²) in [6.07, 6.45) is 1.57. The molecule has 1 saturated heterocycles. The molecule has 2 heteroatoms. The minimum atomic E-state index is 0.439. The Kier molecular flexibility index (Phi) is 2.17. The van der Waals surface area contributed by atoms with Gasteiger partial charge < -0.3 is 0 Å². The molecular formula is C7H12OS. The molecule has 1 aliphatic rings. The molecule has 0 aliphatic carbocycles. The zero-order valence-electron chi connectivity index (χ0n) is 5.89. The van der Waals surface area contributed by atoms with Gasteiger partial charge in [-0.05, 0) is 0 Å². The van der Waals surface area contributed by atoms with Gasteiger partial charge >= 0.3 is 0 Å². The van der Waals surface area contributed by atoms with E-state index in [1.165, 1.54) is 0 Å². The molecule has 0 bridgehead atoms. The van der Waals surface area contributed by atoms with Gasteiger partial charge in [0.1, 0.15) is 5.78 Å². The van der Waals surface area contributed by atoms with E-state index in [1.807, 2.05) is 11.8 Å². The first-order chi connectivity index (χ1) is 4.18.